The number of carbonyl (C=O) groups excluding carboxylic acids is 3. The number of hydrogen-bond acceptors (Lipinski definition) is 10. The fourth-order valence-electron chi connectivity index (χ4n) is 8.77. The molecule has 1 amide bonds. The molecule has 3 aliphatic rings. The number of cyclic esters (lactones) is 1. The van der Waals surface area contributed by atoms with Crippen LogP contribution in [0.25, 0.3) is 0 Å². The van der Waals surface area contributed by atoms with Crippen molar-refractivity contribution in [2.45, 2.75) is 141 Å². The number of aliphatic hydroxyl groups excluding tert-OH is 1. The molecule has 3 aliphatic heterocycles. The van der Waals surface area contributed by atoms with Crippen molar-refractivity contribution >= 4 is 17.8 Å². The Kier molecular flexibility index (Phi) is 13.7. The molecule has 4 rings (SSSR count). The largest absolute Gasteiger partial charge is 0.455 e. The summed E-state index contributed by atoms with van der Waals surface area (Å²) in [6.45, 7) is 14.1. The number of ether oxygens (including phenoxy) is 5. The number of halogens is 3. The molecule has 2 saturated heterocycles. The number of likely N-dealkylation sites (N-methyl/N-ethyl adjacent to an activating group) is 1. The molecule has 14 heteroatoms. The predicted molar refractivity (Wildman–Crippen MR) is 194 cm³/mol. The molecule has 3 heterocycles. The summed E-state index contributed by atoms with van der Waals surface area (Å²) in [6, 6.07) is 3.70. The number of methoxy groups -OCH3 is 1. The average molecular weight is 769 g/mol. The standard InChI is InChI=1S/C40H59F3N2O9/c1-12-30-39(8)33(45(37(49)54-39)17-16-27-14-13-15-28(20-27)40(41,42)43)26(6)31(46)24(4)21-38(7,50-11)34(22(2)18-23(3)35(48)52-30)53-36-32(47)29(44(9)10)19-25(5)51-36/h13-15,18,20,22,24-26,29-30,32-34,36,47H,12,16-17,19,21H2,1-11H3/b23-18+/t22-,24+,25+,26-,29-,30+,32+,33+,34+,36-,38-,39+/m0/s1. The maximum absolute atomic E-state index is 14.6. The molecule has 0 unspecified atom stereocenters. The number of Topliss-reactive ketones (excluding diaryl/α,β-unsaturated/α-hetero) is 1. The van der Waals surface area contributed by atoms with E-state index in [0.29, 0.717) is 12.0 Å². The lowest BCUT2D eigenvalue weighted by Crippen LogP contribution is -2.59. The average Bonchev–Trinajstić information content (AvgIpc) is 3.36. The van der Waals surface area contributed by atoms with Crippen molar-refractivity contribution < 1.29 is 56.3 Å². The molecule has 0 aromatic heterocycles. The van der Waals surface area contributed by atoms with Crippen LogP contribution in [0, 0.1) is 17.8 Å². The van der Waals surface area contributed by atoms with Crippen LogP contribution < -0.4 is 0 Å². The van der Waals surface area contributed by atoms with Crippen LogP contribution in [0.2, 0.25) is 0 Å². The van der Waals surface area contributed by atoms with Gasteiger partial charge < -0.3 is 33.7 Å². The maximum atomic E-state index is 14.6. The van der Waals surface area contributed by atoms with Crippen molar-refractivity contribution in [2.24, 2.45) is 17.8 Å². The summed E-state index contributed by atoms with van der Waals surface area (Å²) in [7, 11) is 5.27. The number of nitrogens with zero attached hydrogens (tertiary/aromatic N) is 2. The molecule has 2 fully saturated rings. The maximum Gasteiger partial charge on any atom is 0.416 e. The fourth-order valence-corrected chi connectivity index (χ4v) is 8.77. The molecule has 1 aromatic rings. The number of aliphatic hydroxyl groups is 1. The zero-order valence-corrected chi connectivity index (χ0v) is 33.4. The lowest BCUT2D eigenvalue weighted by molar-refractivity contribution is -0.294. The van der Waals surface area contributed by atoms with Crippen molar-refractivity contribution in [3.05, 3.63) is 47.0 Å². The van der Waals surface area contributed by atoms with E-state index in [2.05, 4.69) is 0 Å². The van der Waals surface area contributed by atoms with Gasteiger partial charge in [-0.15, -0.1) is 0 Å². The molecule has 0 bridgehead atoms. The van der Waals surface area contributed by atoms with Gasteiger partial charge in [0.25, 0.3) is 0 Å². The lowest BCUT2D eigenvalue weighted by atomic mass is 9.74. The van der Waals surface area contributed by atoms with E-state index >= 15 is 0 Å². The topological polar surface area (TPSA) is 124 Å². The van der Waals surface area contributed by atoms with Crippen LogP contribution in [0.4, 0.5) is 18.0 Å². The van der Waals surface area contributed by atoms with E-state index in [4.69, 9.17) is 23.7 Å². The number of ketones is 1. The second-order valence-corrected chi connectivity index (χ2v) is 16.1. The van der Waals surface area contributed by atoms with Crippen molar-refractivity contribution in [1.29, 1.82) is 0 Å². The van der Waals surface area contributed by atoms with E-state index in [1.165, 1.54) is 18.1 Å². The minimum atomic E-state index is -4.54. The Morgan fingerprint density at radius 2 is 1.76 bits per heavy atom. The quantitative estimate of drug-likeness (QED) is 0.306. The molecule has 0 aliphatic carbocycles. The summed E-state index contributed by atoms with van der Waals surface area (Å²) in [5.41, 5.74) is -2.83. The highest BCUT2D eigenvalue weighted by Crippen LogP contribution is 2.43. The van der Waals surface area contributed by atoms with Crippen LogP contribution in [0.3, 0.4) is 0 Å². The number of amides is 1. The van der Waals surface area contributed by atoms with Gasteiger partial charge in [-0.05, 0) is 79.1 Å². The Bertz CT molecular complexity index is 1540. The van der Waals surface area contributed by atoms with Crippen LogP contribution in [0.5, 0.6) is 0 Å². The zero-order chi connectivity index (χ0) is 40.5. The Balaban J connectivity index is 1.76. The predicted octanol–water partition coefficient (Wildman–Crippen LogP) is 6.19. The molecule has 0 spiro atoms. The van der Waals surface area contributed by atoms with Crippen molar-refractivity contribution in [2.75, 3.05) is 27.7 Å². The molecule has 0 saturated carbocycles. The highest BCUT2D eigenvalue weighted by atomic mass is 19.4. The number of hydrogen-bond donors (Lipinski definition) is 1. The van der Waals surface area contributed by atoms with Crippen molar-refractivity contribution in [1.82, 2.24) is 9.80 Å². The van der Waals surface area contributed by atoms with E-state index in [0.717, 1.165) is 12.1 Å². The molecular weight excluding hydrogens is 709 g/mol. The molecule has 304 valence electrons. The fraction of sp³-hybridized carbons (Fsp3) is 0.725. The van der Waals surface area contributed by atoms with Crippen LogP contribution in [0.15, 0.2) is 35.9 Å². The van der Waals surface area contributed by atoms with Crippen LogP contribution in [0.1, 0.15) is 85.8 Å². The van der Waals surface area contributed by atoms with Gasteiger partial charge in [-0.3, -0.25) is 9.69 Å². The lowest BCUT2D eigenvalue weighted by Gasteiger charge is -2.47. The first-order chi connectivity index (χ1) is 25.1. The Hall–Kier alpha value is -3.04. The summed E-state index contributed by atoms with van der Waals surface area (Å²) in [6.07, 6.45) is -6.60. The van der Waals surface area contributed by atoms with Crippen LogP contribution >= 0.6 is 0 Å². The molecule has 1 aromatic carbocycles. The summed E-state index contributed by atoms with van der Waals surface area (Å²) in [5, 5.41) is 11.4. The van der Waals surface area contributed by atoms with Gasteiger partial charge in [0, 0.05) is 43.0 Å². The van der Waals surface area contributed by atoms with Gasteiger partial charge in [-0.25, -0.2) is 9.59 Å². The Morgan fingerprint density at radius 3 is 2.35 bits per heavy atom. The number of carbonyl (C=O) groups is 3. The summed E-state index contributed by atoms with van der Waals surface area (Å²) in [4.78, 5) is 45.4. The molecule has 54 heavy (non-hydrogen) atoms. The van der Waals surface area contributed by atoms with Crippen LogP contribution in [-0.4, -0.2) is 114 Å². The smallest absolute Gasteiger partial charge is 0.416 e. The van der Waals surface area contributed by atoms with Gasteiger partial charge in [-0.1, -0.05) is 52.0 Å². The van der Waals surface area contributed by atoms with Gasteiger partial charge in [0.1, 0.15) is 18.0 Å². The Labute approximate surface area is 317 Å². The molecule has 1 N–H and O–H groups in total. The van der Waals surface area contributed by atoms with Gasteiger partial charge in [-0.2, -0.15) is 13.2 Å². The van der Waals surface area contributed by atoms with E-state index in [-0.39, 0.29) is 49.3 Å². The molecule has 12 atom stereocenters. The first-order valence-electron chi connectivity index (χ1n) is 18.9. The third kappa shape index (κ3) is 9.15. The van der Waals surface area contributed by atoms with Gasteiger partial charge in [0.15, 0.2) is 11.9 Å². The number of esters is 1. The van der Waals surface area contributed by atoms with E-state index in [1.807, 2.05) is 39.8 Å². The van der Waals surface area contributed by atoms with Crippen molar-refractivity contribution in [3.63, 3.8) is 0 Å². The molecule has 0 radical (unpaired) electrons. The number of fused-ring (bicyclic) bond motifs is 1. The second-order valence-electron chi connectivity index (χ2n) is 16.1. The van der Waals surface area contributed by atoms with Gasteiger partial charge in [0.2, 0.25) is 0 Å². The third-order valence-electron chi connectivity index (χ3n) is 11.7. The first kappa shape index (κ1) is 43.7. The van der Waals surface area contributed by atoms with E-state index < -0.39 is 83.4 Å². The third-order valence-corrected chi connectivity index (χ3v) is 11.7. The monoisotopic (exact) mass is 768 g/mol. The van der Waals surface area contributed by atoms with Gasteiger partial charge in [0.05, 0.1) is 29.4 Å². The van der Waals surface area contributed by atoms with E-state index in [9.17, 15) is 32.7 Å². The zero-order valence-electron chi connectivity index (χ0n) is 33.4. The summed E-state index contributed by atoms with van der Waals surface area (Å²) >= 11 is 0. The van der Waals surface area contributed by atoms with Crippen LogP contribution in [-0.2, 0) is 45.9 Å². The second kappa shape index (κ2) is 17.0. The van der Waals surface area contributed by atoms with Crippen molar-refractivity contribution in [3.8, 4) is 0 Å². The minimum Gasteiger partial charge on any atom is -0.455 e. The first-order valence-corrected chi connectivity index (χ1v) is 18.9. The highest BCUT2D eigenvalue weighted by molar-refractivity contribution is 5.88. The SMILES string of the molecule is CC[C@H]1OC(=O)/C(C)=C/[C@H](C)[C@@H](O[C@@H]2O[C@H](C)C[C@H](N(C)C)[C@H]2O)[C@@](C)(OC)C[C@@H](C)C(=O)[C@H](C)[C@H]2N(CCc3cccc(C(F)(F)F)c3)C(=O)O[C@]12C. The van der Waals surface area contributed by atoms with Gasteiger partial charge >= 0.3 is 18.2 Å². The Morgan fingerprint density at radius 1 is 1.09 bits per heavy atom. The number of alkyl halides is 3. The summed E-state index contributed by atoms with van der Waals surface area (Å²) in [5.74, 6) is -2.91. The summed E-state index contributed by atoms with van der Waals surface area (Å²) < 4.78 is 71.6. The molecule has 11 nitrogen and oxygen atoms in total. The van der Waals surface area contributed by atoms with E-state index in [1.54, 1.807) is 46.8 Å². The normalized spacial score (nSPS) is 38.3. The minimum absolute atomic E-state index is 0.0466. The molecular formula is C40H59F3N2O9. The highest BCUT2D eigenvalue weighted by Gasteiger charge is 2.60. The number of benzene rings is 1. The number of rotatable bonds is 8.